The molecule has 2 rings (SSSR count). The molecule has 0 aliphatic carbocycles. The van der Waals surface area contributed by atoms with Gasteiger partial charge in [0.15, 0.2) is 0 Å². The van der Waals surface area contributed by atoms with Crippen molar-refractivity contribution in [2.45, 2.75) is 0 Å². The van der Waals surface area contributed by atoms with E-state index < -0.39 is 0 Å². The van der Waals surface area contributed by atoms with Crippen molar-refractivity contribution in [1.29, 1.82) is 0 Å². The average molecular weight is 167 g/mol. The Balaban J connectivity index is 3.05. The van der Waals surface area contributed by atoms with E-state index in [1.165, 1.54) is 16.0 Å². The van der Waals surface area contributed by atoms with Gasteiger partial charge in [-0.25, -0.2) is 9.67 Å². The van der Waals surface area contributed by atoms with Crippen molar-refractivity contribution in [2.75, 3.05) is 0 Å². The van der Waals surface area contributed by atoms with E-state index in [2.05, 4.69) is 10.1 Å². The summed E-state index contributed by atoms with van der Waals surface area (Å²) in [5, 5.41) is 3.83. The predicted molar refractivity (Wildman–Crippen MR) is 42.7 cm³/mol. The summed E-state index contributed by atoms with van der Waals surface area (Å²) in [4.78, 5) is 15.2. The first-order chi connectivity index (χ1) is 5.29. The molecule has 4 nitrogen and oxygen atoms in total. The fourth-order valence-electron chi connectivity index (χ4n) is 0.847. The van der Waals surface area contributed by atoms with Crippen LogP contribution >= 0.6 is 11.3 Å². The van der Waals surface area contributed by atoms with Crippen molar-refractivity contribution in [3.05, 3.63) is 22.1 Å². The molecule has 2 heterocycles. The Kier molecular flexibility index (Phi) is 1.25. The Morgan fingerprint density at radius 2 is 2.45 bits per heavy atom. The fraction of sp³-hybridized carbons (Fsp3) is 0.167. The van der Waals surface area contributed by atoms with Crippen LogP contribution in [0.1, 0.15) is 0 Å². The van der Waals surface area contributed by atoms with E-state index in [4.69, 9.17) is 0 Å². The molecule has 0 aromatic carbocycles. The van der Waals surface area contributed by atoms with Gasteiger partial charge in [0.2, 0.25) is 0 Å². The van der Waals surface area contributed by atoms with Crippen LogP contribution in [0, 0.1) is 0 Å². The quantitative estimate of drug-likeness (QED) is 0.570. The Morgan fingerprint density at radius 1 is 1.64 bits per heavy atom. The molecule has 0 amide bonds. The number of aromatic nitrogens is 3. The zero-order valence-electron chi connectivity index (χ0n) is 5.81. The van der Waals surface area contributed by atoms with Gasteiger partial charge in [-0.1, -0.05) is 0 Å². The fourth-order valence-corrected chi connectivity index (χ4v) is 1.58. The van der Waals surface area contributed by atoms with Crippen molar-refractivity contribution >= 4 is 21.6 Å². The summed E-state index contributed by atoms with van der Waals surface area (Å²) in [7, 11) is 1.63. The molecule has 0 radical (unpaired) electrons. The number of fused-ring (bicyclic) bond motifs is 1. The molecule has 0 fully saturated rings. The van der Waals surface area contributed by atoms with Gasteiger partial charge >= 0.3 is 0 Å². The van der Waals surface area contributed by atoms with Crippen molar-refractivity contribution in [1.82, 2.24) is 14.8 Å². The Labute approximate surface area is 66.1 Å². The highest BCUT2D eigenvalue weighted by Crippen LogP contribution is 2.09. The van der Waals surface area contributed by atoms with Crippen LogP contribution in [0.25, 0.3) is 10.2 Å². The summed E-state index contributed by atoms with van der Waals surface area (Å²) in [6.07, 6.45) is 1.59. The van der Waals surface area contributed by atoms with Crippen LogP contribution in [0.5, 0.6) is 0 Å². The molecule has 0 aliphatic heterocycles. The standard InChI is InChI=1S/C6H5N3OS/c1-9-6(10)5-4(2-8-9)7-3-11-5/h2-3H,1H3. The molecule has 0 N–H and O–H groups in total. The number of aryl methyl sites for hydroxylation is 1. The molecule has 0 atom stereocenters. The SMILES string of the molecule is Cn1ncc2ncsc2c1=O. The normalized spacial score (nSPS) is 10.6. The zero-order valence-corrected chi connectivity index (χ0v) is 6.63. The maximum Gasteiger partial charge on any atom is 0.286 e. The monoisotopic (exact) mass is 167 g/mol. The summed E-state index contributed by atoms with van der Waals surface area (Å²) in [5.74, 6) is 0. The summed E-state index contributed by atoms with van der Waals surface area (Å²) >= 11 is 1.34. The second-order valence-electron chi connectivity index (χ2n) is 2.14. The first kappa shape index (κ1) is 6.48. The van der Waals surface area contributed by atoms with E-state index in [1.54, 1.807) is 18.8 Å². The number of hydrogen-bond donors (Lipinski definition) is 0. The topological polar surface area (TPSA) is 47.8 Å². The highest BCUT2D eigenvalue weighted by atomic mass is 32.1. The van der Waals surface area contributed by atoms with Gasteiger partial charge in [0, 0.05) is 7.05 Å². The number of nitrogens with zero attached hydrogens (tertiary/aromatic N) is 3. The van der Waals surface area contributed by atoms with Gasteiger partial charge in [0.25, 0.3) is 5.56 Å². The van der Waals surface area contributed by atoms with Crippen LogP contribution in [0.4, 0.5) is 0 Å². The molecule has 0 saturated carbocycles. The van der Waals surface area contributed by atoms with Crippen LogP contribution in [0.2, 0.25) is 0 Å². The molecule has 2 aromatic rings. The van der Waals surface area contributed by atoms with E-state index in [-0.39, 0.29) is 5.56 Å². The van der Waals surface area contributed by atoms with E-state index in [9.17, 15) is 4.79 Å². The molecule has 56 valence electrons. The Bertz CT molecular complexity index is 444. The molecular formula is C6H5N3OS. The van der Waals surface area contributed by atoms with Gasteiger partial charge in [-0.05, 0) is 0 Å². The van der Waals surface area contributed by atoms with Crippen LogP contribution in [-0.2, 0) is 7.05 Å². The smallest absolute Gasteiger partial charge is 0.266 e. The van der Waals surface area contributed by atoms with Crippen molar-refractivity contribution in [3.8, 4) is 0 Å². The molecule has 0 unspecified atom stereocenters. The van der Waals surface area contributed by atoms with E-state index >= 15 is 0 Å². The lowest BCUT2D eigenvalue weighted by Crippen LogP contribution is -2.17. The summed E-state index contributed by atoms with van der Waals surface area (Å²) in [6.45, 7) is 0. The largest absolute Gasteiger partial charge is 0.286 e. The third-order valence-electron chi connectivity index (χ3n) is 1.44. The molecule has 0 bridgehead atoms. The Morgan fingerprint density at radius 3 is 3.27 bits per heavy atom. The first-order valence-corrected chi connectivity index (χ1v) is 3.92. The number of thiazole rings is 1. The highest BCUT2D eigenvalue weighted by molar-refractivity contribution is 7.16. The van der Waals surface area contributed by atoms with Gasteiger partial charge < -0.3 is 0 Å². The lowest BCUT2D eigenvalue weighted by atomic mass is 10.5. The van der Waals surface area contributed by atoms with Crippen LogP contribution in [-0.4, -0.2) is 14.8 Å². The number of rotatable bonds is 0. The van der Waals surface area contributed by atoms with E-state index in [0.717, 1.165) is 0 Å². The molecular weight excluding hydrogens is 162 g/mol. The maximum absolute atomic E-state index is 11.3. The molecule has 0 aliphatic rings. The van der Waals surface area contributed by atoms with Gasteiger partial charge in [0.05, 0.1) is 11.7 Å². The predicted octanol–water partition coefficient (Wildman–Crippen LogP) is 0.390. The third kappa shape index (κ3) is 0.848. The highest BCUT2D eigenvalue weighted by Gasteiger charge is 2.01. The molecule has 0 saturated heterocycles. The second kappa shape index (κ2) is 2.13. The minimum atomic E-state index is -0.0787. The van der Waals surface area contributed by atoms with Crippen molar-refractivity contribution in [3.63, 3.8) is 0 Å². The van der Waals surface area contributed by atoms with Crippen LogP contribution in [0.15, 0.2) is 16.5 Å². The van der Waals surface area contributed by atoms with Crippen LogP contribution in [0.3, 0.4) is 0 Å². The first-order valence-electron chi connectivity index (χ1n) is 3.04. The molecule has 11 heavy (non-hydrogen) atoms. The van der Waals surface area contributed by atoms with Crippen molar-refractivity contribution in [2.24, 2.45) is 7.05 Å². The van der Waals surface area contributed by atoms with Gasteiger partial charge in [-0.3, -0.25) is 4.79 Å². The summed E-state index contributed by atoms with van der Waals surface area (Å²) in [5.41, 5.74) is 2.25. The lowest BCUT2D eigenvalue weighted by molar-refractivity contribution is 0.719. The Hall–Kier alpha value is -1.23. The molecule has 0 spiro atoms. The van der Waals surface area contributed by atoms with Crippen molar-refractivity contribution < 1.29 is 0 Å². The van der Waals surface area contributed by atoms with Gasteiger partial charge in [0.1, 0.15) is 10.2 Å². The zero-order chi connectivity index (χ0) is 7.84. The molecule has 2 aromatic heterocycles. The lowest BCUT2D eigenvalue weighted by Gasteiger charge is -1.91. The van der Waals surface area contributed by atoms with Gasteiger partial charge in [-0.15, -0.1) is 11.3 Å². The summed E-state index contributed by atoms with van der Waals surface area (Å²) in [6, 6.07) is 0. The summed E-state index contributed by atoms with van der Waals surface area (Å²) < 4.78 is 1.98. The molecule has 5 heteroatoms. The van der Waals surface area contributed by atoms with E-state index in [0.29, 0.717) is 10.2 Å². The van der Waals surface area contributed by atoms with Crippen LogP contribution < -0.4 is 5.56 Å². The average Bonchev–Trinajstić information content (AvgIpc) is 2.45. The third-order valence-corrected chi connectivity index (χ3v) is 2.27. The minimum Gasteiger partial charge on any atom is -0.266 e. The number of hydrogen-bond acceptors (Lipinski definition) is 4. The van der Waals surface area contributed by atoms with Gasteiger partial charge in [-0.2, -0.15) is 5.10 Å². The van der Waals surface area contributed by atoms with E-state index in [1.807, 2.05) is 0 Å². The minimum absolute atomic E-state index is 0.0787. The maximum atomic E-state index is 11.3. The second-order valence-corrected chi connectivity index (χ2v) is 2.99.